The zero-order valence-corrected chi connectivity index (χ0v) is 14.5. The van der Waals surface area contributed by atoms with Crippen molar-refractivity contribution in [2.45, 2.75) is 26.9 Å². The van der Waals surface area contributed by atoms with Gasteiger partial charge in [0.05, 0.1) is 24.2 Å². The standard InChI is InChI=1S/C17H19N3O3S/c1-11-15(12(2)23-20-11)10-22-14-5-3-13(4-6-14)9-16(21)19-17-18-7-8-24-17/h3-6H,7-10H2,1-2H3,(H,18,19,21). The summed E-state index contributed by atoms with van der Waals surface area (Å²) < 4.78 is 10.9. The molecule has 24 heavy (non-hydrogen) atoms. The SMILES string of the molecule is Cc1noc(C)c1COc1ccc(CC(=O)NC2=NCCS2)cc1. The highest BCUT2D eigenvalue weighted by molar-refractivity contribution is 8.14. The van der Waals surface area contributed by atoms with Crippen LogP contribution in [0.15, 0.2) is 33.8 Å². The first-order chi connectivity index (χ1) is 11.6. The second kappa shape index (κ2) is 7.53. The molecule has 1 N–H and O–H groups in total. The topological polar surface area (TPSA) is 76.7 Å². The van der Waals surface area contributed by atoms with Crippen molar-refractivity contribution in [3.05, 3.63) is 46.8 Å². The van der Waals surface area contributed by atoms with E-state index >= 15 is 0 Å². The van der Waals surface area contributed by atoms with Gasteiger partial charge in [-0.1, -0.05) is 29.1 Å². The van der Waals surface area contributed by atoms with Gasteiger partial charge in [0, 0.05) is 5.75 Å². The van der Waals surface area contributed by atoms with Gasteiger partial charge in [0.1, 0.15) is 18.1 Å². The second-order valence-corrected chi connectivity index (χ2v) is 6.58. The third-order valence-electron chi connectivity index (χ3n) is 3.68. The second-order valence-electron chi connectivity index (χ2n) is 5.50. The Morgan fingerprint density at radius 3 is 2.75 bits per heavy atom. The van der Waals surface area contributed by atoms with Crippen LogP contribution in [0.4, 0.5) is 0 Å². The average Bonchev–Trinajstić information content (AvgIpc) is 3.17. The first kappa shape index (κ1) is 16.6. The van der Waals surface area contributed by atoms with Crippen molar-refractivity contribution >= 4 is 22.8 Å². The number of nitrogens with one attached hydrogen (secondary N) is 1. The molecule has 1 aromatic heterocycles. The third kappa shape index (κ3) is 4.17. The van der Waals surface area contributed by atoms with Crippen LogP contribution in [-0.2, 0) is 17.8 Å². The van der Waals surface area contributed by atoms with Gasteiger partial charge in [-0.2, -0.15) is 0 Å². The highest BCUT2D eigenvalue weighted by Crippen LogP contribution is 2.18. The lowest BCUT2D eigenvalue weighted by atomic mass is 10.1. The van der Waals surface area contributed by atoms with Gasteiger partial charge in [0.2, 0.25) is 5.91 Å². The molecule has 0 radical (unpaired) electrons. The van der Waals surface area contributed by atoms with Gasteiger partial charge >= 0.3 is 0 Å². The molecule has 0 atom stereocenters. The molecule has 0 aliphatic carbocycles. The molecular weight excluding hydrogens is 326 g/mol. The number of carbonyl (C=O) groups excluding carboxylic acids is 1. The highest BCUT2D eigenvalue weighted by Gasteiger charge is 2.12. The molecule has 1 amide bonds. The highest BCUT2D eigenvalue weighted by atomic mass is 32.2. The molecule has 1 aliphatic rings. The van der Waals surface area contributed by atoms with Gasteiger partial charge < -0.3 is 14.6 Å². The Hall–Kier alpha value is -2.28. The van der Waals surface area contributed by atoms with Crippen LogP contribution in [0.25, 0.3) is 0 Å². The summed E-state index contributed by atoms with van der Waals surface area (Å²) in [5.41, 5.74) is 2.74. The average molecular weight is 345 g/mol. The van der Waals surface area contributed by atoms with Crippen molar-refractivity contribution in [2.75, 3.05) is 12.3 Å². The van der Waals surface area contributed by atoms with E-state index in [1.807, 2.05) is 38.1 Å². The molecule has 7 heteroatoms. The molecule has 0 spiro atoms. The molecule has 3 rings (SSSR count). The molecule has 1 aromatic carbocycles. The number of hydrogen-bond acceptors (Lipinski definition) is 6. The van der Waals surface area contributed by atoms with E-state index in [4.69, 9.17) is 9.26 Å². The number of rotatable bonds is 5. The first-order valence-electron chi connectivity index (χ1n) is 7.72. The molecule has 0 unspecified atom stereocenters. The van der Waals surface area contributed by atoms with Crippen LogP contribution in [0.5, 0.6) is 5.75 Å². The van der Waals surface area contributed by atoms with Crippen molar-refractivity contribution in [3.8, 4) is 5.75 Å². The number of amides is 1. The van der Waals surface area contributed by atoms with E-state index in [2.05, 4.69) is 15.5 Å². The van der Waals surface area contributed by atoms with Crippen LogP contribution in [-0.4, -0.2) is 28.5 Å². The smallest absolute Gasteiger partial charge is 0.230 e. The number of nitrogens with zero attached hydrogens (tertiary/aromatic N) is 2. The van der Waals surface area contributed by atoms with Crippen LogP contribution in [0, 0.1) is 13.8 Å². The maximum Gasteiger partial charge on any atom is 0.230 e. The van der Waals surface area contributed by atoms with E-state index in [0.717, 1.165) is 45.8 Å². The maximum absolute atomic E-state index is 12.0. The minimum Gasteiger partial charge on any atom is -0.489 e. The molecule has 0 bridgehead atoms. The maximum atomic E-state index is 12.0. The fourth-order valence-corrected chi connectivity index (χ4v) is 3.07. The lowest BCUT2D eigenvalue weighted by Crippen LogP contribution is -2.28. The summed E-state index contributed by atoms with van der Waals surface area (Å²) in [5.74, 6) is 2.41. The third-order valence-corrected chi connectivity index (χ3v) is 4.58. The van der Waals surface area contributed by atoms with Gasteiger partial charge in [-0.15, -0.1) is 0 Å². The summed E-state index contributed by atoms with van der Waals surface area (Å²) >= 11 is 1.58. The number of ether oxygens (including phenoxy) is 1. The summed E-state index contributed by atoms with van der Waals surface area (Å²) in [4.78, 5) is 16.2. The molecular formula is C17H19N3O3S. The van der Waals surface area contributed by atoms with E-state index in [9.17, 15) is 4.79 Å². The number of thioether (sulfide) groups is 1. The Morgan fingerprint density at radius 1 is 1.33 bits per heavy atom. The fourth-order valence-electron chi connectivity index (χ4n) is 2.33. The summed E-state index contributed by atoms with van der Waals surface area (Å²) in [6.07, 6.45) is 0.323. The van der Waals surface area contributed by atoms with E-state index < -0.39 is 0 Å². The van der Waals surface area contributed by atoms with Gasteiger partial charge in [-0.25, -0.2) is 0 Å². The Kier molecular flexibility index (Phi) is 5.20. The van der Waals surface area contributed by atoms with Gasteiger partial charge in [-0.05, 0) is 31.5 Å². The number of amidine groups is 1. The predicted molar refractivity (Wildman–Crippen MR) is 93.4 cm³/mol. The number of aromatic nitrogens is 1. The van der Waals surface area contributed by atoms with Crippen LogP contribution in [0.3, 0.4) is 0 Å². The quantitative estimate of drug-likeness (QED) is 0.901. The molecule has 0 fully saturated rings. The van der Waals surface area contributed by atoms with Gasteiger partial charge in [0.15, 0.2) is 5.17 Å². The molecule has 0 saturated heterocycles. The molecule has 126 valence electrons. The number of benzene rings is 1. The first-order valence-corrected chi connectivity index (χ1v) is 8.71. The van der Waals surface area contributed by atoms with Crippen molar-refractivity contribution in [1.82, 2.24) is 10.5 Å². The molecule has 0 saturated carbocycles. The molecule has 2 aromatic rings. The lowest BCUT2D eigenvalue weighted by molar-refractivity contribution is -0.119. The minimum absolute atomic E-state index is 0.0486. The van der Waals surface area contributed by atoms with E-state index in [1.54, 1.807) is 11.8 Å². The van der Waals surface area contributed by atoms with Crippen LogP contribution < -0.4 is 10.1 Å². The fraction of sp³-hybridized carbons (Fsp3) is 0.353. The predicted octanol–water partition coefficient (Wildman–Crippen LogP) is 2.63. The largest absolute Gasteiger partial charge is 0.489 e. The Balaban J connectivity index is 1.52. The van der Waals surface area contributed by atoms with E-state index in [0.29, 0.717) is 13.0 Å². The van der Waals surface area contributed by atoms with Crippen LogP contribution >= 0.6 is 11.8 Å². The molecule has 6 nitrogen and oxygen atoms in total. The Morgan fingerprint density at radius 2 is 2.12 bits per heavy atom. The van der Waals surface area contributed by atoms with Crippen molar-refractivity contribution in [3.63, 3.8) is 0 Å². The molecule has 1 aliphatic heterocycles. The minimum atomic E-state index is -0.0486. The monoisotopic (exact) mass is 345 g/mol. The Labute approximate surface area is 144 Å². The number of aliphatic imine (C=N–C) groups is 1. The zero-order valence-electron chi connectivity index (χ0n) is 13.7. The lowest BCUT2D eigenvalue weighted by Gasteiger charge is -2.07. The summed E-state index contributed by atoms with van der Waals surface area (Å²) in [6.45, 7) is 4.95. The van der Waals surface area contributed by atoms with Crippen molar-refractivity contribution in [1.29, 1.82) is 0 Å². The van der Waals surface area contributed by atoms with E-state index in [1.165, 1.54) is 0 Å². The van der Waals surface area contributed by atoms with E-state index in [-0.39, 0.29) is 5.91 Å². The summed E-state index contributed by atoms with van der Waals surface area (Å²) in [5, 5.41) is 7.45. The van der Waals surface area contributed by atoms with Crippen LogP contribution in [0.1, 0.15) is 22.6 Å². The van der Waals surface area contributed by atoms with Crippen molar-refractivity contribution in [2.24, 2.45) is 4.99 Å². The number of aryl methyl sites for hydroxylation is 2. The van der Waals surface area contributed by atoms with Gasteiger partial charge in [-0.3, -0.25) is 9.79 Å². The number of carbonyl (C=O) groups is 1. The summed E-state index contributed by atoms with van der Waals surface area (Å²) in [7, 11) is 0. The Bertz CT molecular complexity index is 733. The number of hydrogen-bond donors (Lipinski definition) is 1. The van der Waals surface area contributed by atoms with Gasteiger partial charge in [0.25, 0.3) is 0 Å². The zero-order chi connectivity index (χ0) is 16.9. The summed E-state index contributed by atoms with van der Waals surface area (Å²) in [6, 6.07) is 7.52. The molecule has 2 heterocycles. The normalized spacial score (nSPS) is 13.7. The van der Waals surface area contributed by atoms with Crippen LogP contribution in [0.2, 0.25) is 0 Å². The van der Waals surface area contributed by atoms with Crippen molar-refractivity contribution < 1.29 is 14.1 Å².